The van der Waals surface area contributed by atoms with Crippen molar-refractivity contribution in [1.82, 2.24) is 16.0 Å². The smallest absolute Gasteiger partial charge is 0.407 e. The number of rotatable bonds is 12. The lowest BCUT2D eigenvalue weighted by atomic mass is 9.84. The van der Waals surface area contributed by atoms with E-state index in [1.165, 1.54) is 7.11 Å². The van der Waals surface area contributed by atoms with Crippen molar-refractivity contribution >= 4 is 35.2 Å². The molecular formula is C41H49N5O4S. The van der Waals surface area contributed by atoms with Gasteiger partial charge in [0.2, 0.25) is 5.91 Å². The van der Waals surface area contributed by atoms with Gasteiger partial charge >= 0.3 is 6.09 Å². The summed E-state index contributed by atoms with van der Waals surface area (Å²) >= 11 is 1.73. The number of hydrogen-bond donors (Lipinski definition) is 4. The lowest BCUT2D eigenvalue weighted by Crippen LogP contribution is -2.52. The molecule has 10 heteroatoms. The monoisotopic (exact) mass is 707 g/mol. The number of anilines is 1. The Bertz CT molecular complexity index is 1670. The largest absolute Gasteiger partial charge is 0.453 e. The molecule has 1 fully saturated rings. The summed E-state index contributed by atoms with van der Waals surface area (Å²) in [6.07, 6.45) is 11.0. The van der Waals surface area contributed by atoms with Crippen LogP contribution in [0.3, 0.4) is 0 Å². The van der Waals surface area contributed by atoms with Crippen LogP contribution >= 0.6 is 11.8 Å². The summed E-state index contributed by atoms with van der Waals surface area (Å²) in [4.78, 5) is 31.3. The molecule has 3 aromatic rings. The predicted octanol–water partition coefficient (Wildman–Crippen LogP) is 6.96. The molecule has 1 unspecified atom stereocenters. The second-order valence-electron chi connectivity index (χ2n) is 12.3. The number of benzene rings is 3. The molecule has 2 aliphatic heterocycles. The number of morpholine rings is 1. The van der Waals surface area contributed by atoms with E-state index in [1.54, 1.807) is 11.8 Å². The summed E-state index contributed by atoms with van der Waals surface area (Å²) in [7, 11) is 1.30. The van der Waals surface area contributed by atoms with Gasteiger partial charge in [-0.1, -0.05) is 111 Å². The number of aryl methyl sites for hydroxylation is 1. The molecule has 3 aromatic carbocycles. The van der Waals surface area contributed by atoms with Crippen molar-refractivity contribution in [1.29, 1.82) is 0 Å². The Morgan fingerprint density at radius 1 is 0.980 bits per heavy atom. The molecule has 1 saturated heterocycles. The third kappa shape index (κ3) is 10.2. The van der Waals surface area contributed by atoms with Crippen LogP contribution in [0.4, 0.5) is 10.5 Å². The molecule has 1 aliphatic carbocycles. The minimum atomic E-state index is -0.937. The molecule has 2 heterocycles. The fourth-order valence-corrected chi connectivity index (χ4v) is 7.39. The molecule has 3 aliphatic rings. The summed E-state index contributed by atoms with van der Waals surface area (Å²) in [5.41, 5.74) is 4.53. The third-order valence-corrected chi connectivity index (χ3v) is 10.1. The Labute approximate surface area is 306 Å². The first kappa shape index (κ1) is 37.6. The Kier molecular flexibility index (Phi) is 14.1. The first-order valence-corrected chi connectivity index (χ1v) is 18.7. The van der Waals surface area contributed by atoms with Gasteiger partial charge in [0.05, 0.1) is 42.3 Å². The first-order chi connectivity index (χ1) is 25.0. The number of nitrogens with one attached hydrogen (secondary N) is 4. The minimum absolute atomic E-state index is 0.0178. The molecule has 5 atom stereocenters. The van der Waals surface area contributed by atoms with Gasteiger partial charge in [0.15, 0.2) is 0 Å². The highest BCUT2D eigenvalue weighted by Gasteiger charge is 2.34. The van der Waals surface area contributed by atoms with Crippen LogP contribution in [0, 0.1) is 0 Å². The van der Waals surface area contributed by atoms with Crippen LogP contribution in [-0.2, 0) is 20.7 Å². The molecule has 6 rings (SSSR count). The van der Waals surface area contributed by atoms with Gasteiger partial charge in [-0.15, -0.1) is 11.8 Å². The van der Waals surface area contributed by atoms with E-state index in [4.69, 9.17) is 9.47 Å². The minimum Gasteiger partial charge on any atom is -0.453 e. The topological polar surface area (TPSA) is 113 Å². The number of carbonyl (C=O) groups is 2. The molecule has 0 spiro atoms. The van der Waals surface area contributed by atoms with Crippen LogP contribution in [0.15, 0.2) is 125 Å². The van der Waals surface area contributed by atoms with Gasteiger partial charge in [-0.05, 0) is 48.6 Å². The van der Waals surface area contributed by atoms with Crippen molar-refractivity contribution in [2.45, 2.75) is 69.9 Å². The molecular weight excluding hydrogens is 659 g/mol. The highest BCUT2D eigenvalue weighted by Crippen LogP contribution is 2.30. The summed E-state index contributed by atoms with van der Waals surface area (Å²) in [5, 5.41) is 14.2. The molecule has 0 radical (unpaired) electrons. The third-order valence-electron chi connectivity index (χ3n) is 9.03. The summed E-state index contributed by atoms with van der Waals surface area (Å²) < 4.78 is 11.6. The van der Waals surface area contributed by atoms with E-state index in [2.05, 4.69) is 39.3 Å². The van der Waals surface area contributed by atoms with Crippen LogP contribution in [-0.4, -0.2) is 67.5 Å². The standard InChI is InChI=1S/C39H43N5O4S.C2H6/c1-26-34(25-49-35-24-41-32-19-11-12-20-33(32)42-35)48-30(23-40-26)22-21-27-13-9-10-18-31(27)43-38(45)37(44-39(46)47-2)36(28-14-5-3-6-15-28)29-16-7-4-8-17-29;1-2/h3-20,24,26,30,33-34,36-37,40,42H,21-23,25H2,1-2H3,(H,43,45)(H,44,46);1-2H3/t26-,30-,33?,34-,37+;/m1./s1. The SMILES string of the molecule is CC.COC(=O)N[C@H](C(=O)Nc1ccccc1CC[C@@H]1CN[C@H](C)[C@@H](CSC2=CN=C3C=CC=CC3N2)O1)C(c1ccccc1)c1ccccc1. The first-order valence-electron chi connectivity index (χ1n) is 17.7. The Morgan fingerprint density at radius 2 is 1.67 bits per heavy atom. The van der Waals surface area contributed by atoms with Crippen LogP contribution in [0.2, 0.25) is 0 Å². The number of carbonyl (C=O) groups excluding carboxylic acids is 2. The lowest BCUT2D eigenvalue weighted by Gasteiger charge is -2.36. The molecule has 51 heavy (non-hydrogen) atoms. The van der Waals surface area contributed by atoms with E-state index in [-0.39, 0.29) is 30.2 Å². The molecule has 268 valence electrons. The number of aliphatic imine (C=N–C) groups is 1. The Morgan fingerprint density at radius 3 is 2.37 bits per heavy atom. The molecule has 4 N–H and O–H groups in total. The number of fused-ring (bicyclic) bond motifs is 1. The molecule has 0 aromatic heterocycles. The molecule has 0 bridgehead atoms. The Hall–Kier alpha value is -4.64. The summed E-state index contributed by atoms with van der Waals surface area (Å²) in [6, 6.07) is 26.7. The highest BCUT2D eigenvalue weighted by molar-refractivity contribution is 8.03. The Balaban J connectivity index is 0.00000248. The van der Waals surface area contributed by atoms with E-state index >= 15 is 0 Å². The number of methoxy groups -OCH3 is 1. The van der Waals surface area contributed by atoms with Gasteiger partial charge in [0, 0.05) is 29.9 Å². The van der Waals surface area contributed by atoms with Crippen molar-refractivity contribution in [3.8, 4) is 0 Å². The number of alkyl carbamates (subject to hydrolysis) is 1. The van der Waals surface area contributed by atoms with Crippen LogP contribution in [0.5, 0.6) is 0 Å². The average Bonchev–Trinajstić information content (AvgIpc) is 3.18. The van der Waals surface area contributed by atoms with Crippen LogP contribution < -0.4 is 21.3 Å². The zero-order chi connectivity index (χ0) is 36.0. The lowest BCUT2D eigenvalue weighted by molar-refractivity contribution is -0.118. The fourth-order valence-electron chi connectivity index (χ4n) is 6.34. The number of nitrogens with zero attached hydrogens (tertiary/aromatic N) is 1. The summed E-state index contributed by atoms with van der Waals surface area (Å²) in [6.45, 7) is 6.92. The second kappa shape index (κ2) is 19.1. The van der Waals surface area contributed by atoms with Crippen LogP contribution in [0.1, 0.15) is 49.8 Å². The number of amides is 2. The van der Waals surface area contributed by atoms with Gasteiger partial charge < -0.3 is 30.7 Å². The number of ether oxygens (including phenoxy) is 2. The van der Waals surface area contributed by atoms with Crippen molar-refractivity contribution in [2.75, 3.05) is 24.7 Å². The number of hydrogen-bond acceptors (Lipinski definition) is 8. The van der Waals surface area contributed by atoms with E-state index in [1.807, 2.05) is 123 Å². The number of para-hydroxylation sites is 1. The van der Waals surface area contributed by atoms with E-state index in [9.17, 15) is 9.59 Å². The van der Waals surface area contributed by atoms with Crippen molar-refractivity contribution in [3.05, 3.63) is 137 Å². The van der Waals surface area contributed by atoms with Crippen molar-refractivity contribution in [2.24, 2.45) is 4.99 Å². The van der Waals surface area contributed by atoms with Gasteiger partial charge in [0.25, 0.3) is 0 Å². The zero-order valence-electron chi connectivity index (χ0n) is 29.8. The maximum absolute atomic E-state index is 14.1. The quantitative estimate of drug-likeness (QED) is 0.161. The highest BCUT2D eigenvalue weighted by atomic mass is 32.2. The number of thioether (sulfide) groups is 1. The van der Waals surface area contributed by atoms with Gasteiger partial charge in [-0.2, -0.15) is 0 Å². The van der Waals surface area contributed by atoms with E-state index in [0.717, 1.165) is 46.1 Å². The fraction of sp³-hybridized carbons (Fsp3) is 0.341. The molecule has 2 amide bonds. The maximum Gasteiger partial charge on any atom is 0.407 e. The molecule has 9 nitrogen and oxygen atoms in total. The van der Waals surface area contributed by atoms with Crippen LogP contribution in [0.25, 0.3) is 0 Å². The van der Waals surface area contributed by atoms with Gasteiger partial charge in [-0.25, -0.2) is 4.79 Å². The normalized spacial score (nSPS) is 21.1. The average molecular weight is 708 g/mol. The molecule has 0 saturated carbocycles. The predicted molar refractivity (Wildman–Crippen MR) is 208 cm³/mol. The maximum atomic E-state index is 14.1. The zero-order valence-corrected chi connectivity index (χ0v) is 30.6. The van der Waals surface area contributed by atoms with Gasteiger partial charge in [0.1, 0.15) is 6.04 Å². The summed E-state index contributed by atoms with van der Waals surface area (Å²) in [5.74, 6) is 0.0155. The second-order valence-corrected chi connectivity index (χ2v) is 13.4. The van der Waals surface area contributed by atoms with E-state index in [0.29, 0.717) is 12.1 Å². The van der Waals surface area contributed by atoms with Gasteiger partial charge in [-0.3, -0.25) is 9.79 Å². The van der Waals surface area contributed by atoms with E-state index < -0.39 is 18.1 Å². The number of allylic oxidation sites excluding steroid dienone is 2. The van der Waals surface area contributed by atoms with Crippen molar-refractivity contribution in [3.63, 3.8) is 0 Å². The van der Waals surface area contributed by atoms with Crippen molar-refractivity contribution < 1.29 is 19.1 Å².